The summed E-state index contributed by atoms with van der Waals surface area (Å²) in [6.45, 7) is 0. The summed E-state index contributed by atoms with van der Waals surface area (Å²) < 4.78 is 31.5. The Morgan fingerprint density at radius 1 is 1.20 bits per heavy atom. The molecule has 1 amide bonds. The molecule has 4 nitrogen and oxygen atoms in total. The number of phenols is 1. The molecule has 6 heteroatoms. The van der Waals surface area contributed by atoms with Gasteiger partial charge in [-0.2, -0.15) is 0 Å². The lowest BCUT2D eigenvalue weighted by molar-refractivity contribution is 0.102. The first-order valence-electron chi connectivity index (χ1n) is 5.64. The normalized spacial score (nSPS) is 10.2. The summed E-state index contributed by atoms with van der Waals surface area (Å²) in [5.74, 6) is -2.26. The van der Waals surface area contributed by atoms with E-state index >= 15 is 0 Å². The maximum absolute atomic E-state index is 13.5. The summed E-state index contributed by atoms with van der Waals surface area (Å²) in [5.41, 5.74) is -0.0273. The molecule has 0 radical (unpaired) electrons. The fourth-order valence-electron chi connectivity index (χ4n) is 1.65. The Labute approximate surface area is 113 Å². The zero-order valence-corrected chi connectivity index (χ0v) is 10.5. The van der Waals surface area contributed by atoms with Crippen LogP contribution in [0.25, 0.3) is 0 Å². The van der Waals surface area contributed by atoms with E-state index in [0.29, 0.717) is 0 Å². The molecule has 2 rings (SSSR count). The Balaban J connectivity index is 2.28. The van der Waals surface area contributed by atoms with Gasteiger partial charge in [-0.25, -0.2) is 8.78 Å². The van der Waals surface area contributed by atoms with Gasteiger partial charge in [-0.1, -0.05) is 0 Å². The molecule has 0 aliphatic rings. The van der Waals surface area contributed by atoms with E-state index in [-0.39, 0.29) is 22.7 Å². The number of rotatable bonds is 3. The number of nitrogens with one attached hydrogen (secondary N) is 1. The predicted molar refractivity (Wildman–Crippen MR) is 69.0 cm³/mol. The summed E-state index contributed by atoms with van der Waals surface area (Å²) in [4.78, 5) is 11.9. The van der Waals surface area contributed by atoms with Crippen molar-refractivity contribution in [1.29, 1.82) is 0 Å². The molecule has 104 valence electrons. The van der Waals surface area contributed by atoms with Gasteiger partial charge >= 0.3 is 0 Å². The highest BCUT2D eigenvalue weighted by molar-refractivity contribution is 6.05. The molecule has 0 saturated carbocycles. The highest BCUT2D eigenvalue weighted by Crippen LogP contribution is 2.26. The number of phenolic OH excluding ortho intramolecular Hbond substituents is 1. The number of carbonyl (C=O) groups excluding carboxylic acids is 1. The number of halogens is 2. The summed E-state index contributed by atoms with van der Waals surface area (Å²) in [7, 11) is 1.32. The fourth-order valence-corrected chi connectivity index (χ4v) is 1.65. The largest absolute Gasteiger partial charge is 0.508 e. The average Bonchev–Trinajstić information content (AvgIpc) is 2.40. The van der Waals surface area contributed by atoms with Crippen molar-refractivity contribution in [2.75, 3.05) is 12.4 Å². The lowest BCUT2D eigenvalue weighted by Crippen LogP contribution is -2.14. The number of methoxy groups -OCH3 is 1. The van der Waals surface area contributed by atoms with Crippen molar-refractivity contribution in [1.82, 2.24) is 0 Å². The van der Waals surface area contributed by atoms with Crippen LogP contribution >= 0.6 is 0 Å². The number of aromatic hydroxyl groups is 1. The van der Waals surface area contributed by atoms with Crippen LogP contribution in [0.5, 0.6) is 11.5 Å². The van der Waals surface area contributed by atoms with E-state index in [1.807, 2.05) is 0 Å². The standard InChI is InChI=1S/C14H11F2NO3/c1-20-13-6-8(15)2-5-12(13)17-14(19)10-4-3-9(18)7-11(10)16/h2-7,18H,1H3,(H,17,19). The van der Waals surface area contributed by atoms with Gasteiger partial charge in [-0.15, -0.1) is 0 Å². The first kappa shape index (κ1) is 13.8. The second kappa shape index (κ2) is 5.56. The maximum Gasteiger partial charge on any atom is 0.258 e. The number of hydrogen-bond donors (Lipinski definition) is 2. The van der Waals surface area contributed by atoms with E-state index in [4.69, 9.17) is 9.84 Å². The lowest BCUT2D eigenvalue weighted by Gasteiger charge is -2.10. The molecule has 0 fully saturated rings. The molecular weight excluding hydrogens is 268 g/mol. The van der Waals surface area contributed by atoms with E-state index < -0.39 is 17.5 Å². The van der Waals surface area contributed by atoms with Gasteiger partial charge in [0.1, 0.15) is 23.1 Å². The van der Waals surface area contributed by atoms with Crippen molar-refractivity contribution in [3.05, 3.63) is 53.6 Å². The molecule has 2 aromatic carbocycles. The van der Waals surface area contributed by atoms with E-state index in [1.54, 1.807) is 0 Å². The number of benzene rings is 2. The van der Waals surface area contributed by atoms with Crippen molar-refractivity contribution < 1.29 is 23.4 Å². The van der Waals surface area contributed by atoms with Crippen LogP contribution in [0.1, 0.15) is 10.4 Å². The van der Waals surface area contributed by atoms with Crippen molar-refractivity contribution in [2.24, 2.45) is 0 Å². The number of amides is 1. The van der Waals surface area contributed by atoms with Crippen molar-refractivity contribution >= 4 is 11.6 Å². The first-order chi connectivity index (χ1) is 9.51. The van der Waals surface area contributed by atoms with Crippen LogP contribution in [-0.2, 0) is 0 Å². The predicted octanol–water partition coefficient (Wildman–Crippen LogP) is 2.93. The molecule has 20 heavy (non-hydrogen) atoms. The van der Waals surface area contributed by atoms with Gasteiger partial charge in [0, 0.05) is 12.1 Å². The SMILES string of the molecule is COc1cc(F)ccc1NC(=O)c1ccc(O)cc1F. The Hall–Kier alpha value is -2.63. The van der Waals surface area contributed by atoms with Gasteiger partial charge in [-0.05, 0) is 24.3 Å². The Bertz CT molecular complexity index is 659. The molecule has 0 heterocycles. The second-order valence-electron chi connectivity index (χ2n) is 3.96. The van der Waals surface area contributed by atoms with Gasteiger partial charge in [0.05, 0.1) is 18.4 Å². The third kappa shape index (κ3) is 2.85. The molecule has 2 N–H and O–H groups in total. The van der Waals surface area contributed by atoms with Gasteiger partial charge in [0.2, 0.25) is 0 Å². The van der Waals surface area contributed by atoms with Crippen molar-refractivity contribution in [3.63, 3.8) is 0 Å². The zero-order chi connectivity index (χ0) is 14.7. The molecule has 0 atom stereocenters. The Morgan fingerprint density at radius 3 is 2.60 bits per heavy atom. The highest BCUT2D eigenvalue weighted by Gasteiger charge is 2.14. The number of carbonyl (C=O) groups is 1. The van der Waals surface area contributed by atoms with Gasteiger partial charge in [0.15, 0.2) is 0 Å². The molecule has 2 aromatic rings. The van der Waals surface area contributed by atoms with Crippen LogP contribution in [0.4, 0.5) is 14.5 Å². The maximum atomic E-state index is 13.5. The summed E-state index contributed by atoms with van der Waals surface area (Å²) in [6.07, 6.45) is 0. The minimum absolute atomic E-state index is 0.123. The minimum atomic E-state index is -0.858. The molecule has 0 saturated heterocycles. The van der Waals surface area contributed by atoms with Crippen molar-refractivity contribution in [2.45, 2.75) is 0 Å². The number of hydrogen-bond acceptors (Lipinski definition) is 3. The van der Waals surface area contributed by atoms with Crippen LogP contribution in [0.3, 0.4) is 0 Å². The lowest BCUT2D eigenvalue weighted by atomic mass is 10.2. The van der Waals surface area contributed by atoms with Crippen LogP contribution in [0, 0.1) is 11.6 Å². The van der Waals surface area contributed by atoms with E-state index in [9.17, 15) is 13.6 Å². The molecule has 0 aliphatic carbocycles. The van der Waals surface area contributed by atoms with Gasteiger partial charge in [0.25, 0.3) is 5.91 Å². The van der Waals surface area contributed by atoms with Crippen LogP contribution in [0.15, 0.2) is 36.4 Å². The first-order valence-corrected chi connectivity index (χ1v) is 5.64. The zero-order valence-electron chi connectivity index (χ0n) is 10.5. The molecular formula is C14H11F2NO3. The van der Waals surface area contributed by atoms with Crippen LogP contribution < -0.4 is 10.1 Å². The Morgan fingerprint density at radius 2 is 1.95 bits per heavy atom. The third-order valence-electron chi connectivity index (χ3n) is 2.61. The number of anilines is 1. The van der Waals surface area contributed by atoms with E-state index in [0.717, 1.165) is 24.3 Å². The molecule has 0 aromatic heterocycles. The van der Waals surface area contributed by atoms with Crippen LogP contribution in [-0.4, -0.2) is 18.1 Å². The summed E-state index contributed by atoms with van der Waals surface area (Å²) in [6, 6.07) is 6.73. The summed E-state index contributed by atoms with van der Waals surface area (Å²) in [5, 5.41) is 11.5. The van der Waals surface area contributed by atoms with E-state index in [1.165, 1.54) is 19.2 Å². The van der Waals surface area contributed by atoms with Crippen molar-refractivity contribution in [3.8, 4) is 11.5 Å². The molecule has 0 bridgehead atoms. The second-order valence-corrected chi connectivity index (χ2v) is 3.96. The minimum Gasteiger partial charge on any atom is -0.508 e. The van der Waals surface area contributed by atoms with E-state index in [2.05, 4.69) is 5.32 Å². The monoisotopic (exact) mass is 279 g/mol. The molecule has 0 aliphatic heterocycles. The third-order valence-corrected chi connectivity index (χ3v) is 2.61. The fraction of sp³-hybridized carbons (Fsp3) is 0.0714. The summed E-state index contributed by atoms with van der Waals surface area (Å²) >= 11 is 0. The van der Waals surface area contributed by atoms with Gasteiger partial charge in [-0.3, -0.25) is 4.79 Å². The molecule has 0 spiro atoms. The Kier molecular flexibility index (Phi) is 3.84. The topological polar surface area (TPSA) is 58.6 Å². The molecule has 0 unspecified atom stereocenters. The average molecular weight is 279 g/mol. The highest BCUT2D eigenvalue weighted by atomic mass is 19.1. The quantitative estimate of drug-likeness (QED) is 0.908. The number of ether oxygens (including phenoxy) is 1. The smallest absolute Gasteiger partial charge is 0.258 e. The van der Waals surface area contributed by atoms with Gasteiger partial charge < -0.3 is 15.2 Å². The van der Waals surface area contributed by atoms with Crippen LogP contribution in [0.2, 0.25) is 0 Å².